The molecule has 8 nitrogen and oxygen atoms in total. The fraction of sp³-hybridized carbons (Fsp3) is 0.367. The number of para-hydroxylation sites is 1. The molecule has 4 unspecified atom stereocenters. The van der Waals surface area contributed by atoms with Crippen LogP contribution in [0.25, 0.3) is 22.2 Å². The molecule has 4 atom stereocenters. The summed E-state index contributed by atoms with van der Waals surface area (Å²) in [4.78, 5) is 25.3. The molecule has 2 aliphatic rings. The predicted octanol–water partition coefficient (Wildman–Crippen LogP) is 5.01. The number of fused-ring (bicyclic) bond motifs is 2. The predicted molar refractivity (Wildman–Crippen MR) is 150 cm³/mol. The number of pyridine rings is 1. The first-order valence-corrected chi connectivity index (χ1v) is 13.5. The van der Waals surface area contributed by atoms with Crippen molar-refractivity contribution in [3.8, 4) is 11.1 Å². The largest absolute Gasteiger partial charge is 0.341 e. The van der Waals surface area contributed by atoms with Crippen molar-refractivity contribution in [3.63, 3.8) is 0 Å². The summed E-state index contributed by atoms with van der Waals surface area (Å²) in [6.45, 7) is 6.92. The maximum Gasteiger partial charge on any atom is 0.224 e. The number of hydrogen-bond donors (Lipinski definition) is 5. The number of H-pyrrole nitrogens is 1. The van der Waals surface area contributed by atoms with Gasteiger partial charge in [-0.1, -0.05) is 51.1 Å². The molecule has 2 aromatic heterocycles. The zero-order valence-electron chi connectivity index (χ0n) is 22.4. The zero-order valence-corrected chi connectivity index (χ0v) is 22.4. The Kier molecular flexibility index (Phi) is 6.66. The lowest BCUT2D eigenvalue weighted by atomic mass is 9.82. The highest BCUT2D eigenvalue weighted by molar-refractivity contribution is 5.92. The quantitative estimate of drug-likeness (QED) is 0.250. The average molecular weight is 528 g/mol. The molecule has 4 heterocycles. The Morgan fingerprint density at radius 1 is 1.08 bits per heavy atom. The maximum absolute atomic E-state index is 14.6. The molecule has 0 spiro atoms. The van der Waals surface area contributed by atoms with Gasteiger partial charge in [-0.2, -0.15) is 0 Å². The summed E-state index contributed by atoms with van der Waals surface area (Å²) in [6, 6.07) is 14.9. The fourth-order valence-electron chi connectivity index (χ4n) is 5.79. The highest BCUT2D eigenvalue weighted by Crippen LogP contribution is 2.39. The van der Waals surface area contributed by atoms with Gasteiger partial charge >= 0.3 is 0 Å². The number of carbonyl (C=O) groups excluding carboxylic acids is 1. The molecule has 1 amide bonds. The van der Waals surface area contributed by atoms with Crippen LogP contribution in [0.4, 0.5) is 10.1 Å². The van der Waals surface area contributed by atoms with Crippen molar-refractivity contribution in [2.75, 3.05) is 11.9 Å². The highest BCUT2D eigenvalue weighted by Gasteiger charge is 2.42. The summed E-state index contributed by atoms with van der Waals surface area (Å²) in [5.41, 5.74) is 11.5. The molecular formula is C30H34FN7O. The molecule has 2 saturated heterocycles. The van der Waals surface area contributed by atoms with Gasteiger partial charge in [-0.05, 0) is 35.6 Å². The molecule has 0 saturated carbocycles. The van der Waals surface area contributed by atoms with Crippen LogP contribution in [0.15, 0.2) is 60.9 Å². The van der Waals surface area contributed by atoms with Gasteiger partial charge in [-0.3, -0.25) is 15.2 Å². The Morgan fingerprint density at radius 2 is 1.90 bits per heavy atom. The molecule has 2 aromatic carbocycles. The van der Waals surface area contributed by atoms with Gasteiger partial charge in [-0.25, -0.2) is 14.8 Å². The number of imidazole rings is 1. The Labute approximate surface area is 227 Å². The zero-order chi connectivity index (χ0) is 27.1. The Balaban J connectivity index is 1.23. The third-order valence-corrected chi connectivity index (χ3v) is 7.59. The number of carbonyl (C=O) groups is 1. The normalized spacial score (nSPS) is 23.1. The Morgan fingerprint density at radius 3 is 2.72 bits per heavy atom. The van der Waals surface area contributed by atoms with Gasteiger partial charge in [0, 0.05) is 48.3 Å². The van der Waals surface area contributed by atoms with E-state index in [9.17, 15) is 9.18 Å². The van der Waals surface area contributed by atoms with Crippen LogP contribution in [0.3, 0.4) is 0 Å². The Bertz CT molecular complexity index is 1510. The lowest BCUT2D eigenvalue weighted by molar-refractivity contribution is -0.117. The summed E-state index contributed by atoms with van der Waals surface area (Å²) in [5, 5.41) is 6.63. The van der Waals surface area contributed by atoms with E-state index in [1.807, 2.05) is 57.3 Å². The first-order valence-electron chi connectivity index (χ1n) is 13.5. The summed E-state index contributed by atoms with van der Waals surface area (Å²) in [5.74, 6) is 0.813. The SMILES string of the molecule is CC(C)(C)CC(=O)Nc1cncc(C2CC3C(CN2)NNC3c2nc3c(-c4ccccc4F)cccc3[nH]2)c1. The summed E-state index contributed by atoms with van der Waals surface area (Å²) in [7, 11) is 0. The molecule has 0 aliphatic carbocycles. The molecule has 2 aliphatic heterocycles. The molecule has 39 heavy (non-hydrogen) atoms. The molecule has 0 radical (unpaired) electrons. The lowest BCUT2D eigenvalue weighted by Crippen LogP contribution is -2.46. The second-order valence-corrected chi connectivity index (χ2v) is 11.8. The van der Waals surface area contributed by atoms with Crippen molar-refractivity contribution in [2.45, 2.75) is 51.7 Å². The number of amides is 1. The smallest absolute Gasteiger partial charge is 0.224 e. The number of halogens is 1. The minimum atomic E-state index is -0.262. The molecule has 2 fully saturated rings. The van der Waals surface area contributed by atoms with Crippen LogP contribution in [0.2, 0.25) is 0 Å². The number of anilines is 1. The van der Waals surface area contributed by atoms with Gasteiger partial charge in [0.1, 0.15) is 11.6 Å². The van der Waals surface area contributed by atoms with E-state index >= 15 is 0 Å². The molecule has 202 valence electrons. The monoisotopic (exact) mass is 527 g/mol. The average Bonchev–Trinajstić information content (AvgIpc) is 3.51. The van der Waals surface area contributed by atoms with Crippen molar-refractivity contribution in [1.29, 1.82) is 0 Å². The summed E-state index contributed by atoms with van der Waals surface area (Å²) >= 11 is 0. The fourth-order valence-corrected chi connectivity index (χ4v) is 5.79. The standard InChI is InChI=1S/C30H34FN7O/c1-30(2,3)13-26(39)34-18-11-17(14-32-15-18)24-12-21-25(16-33-24)37-38-28(21)29-35-23-10-6-8-20(27(23)36-29)19-7-4-5-9-22(19)31/h4-11,14-15,21,24-25,28,33,37-38H,12-13,16H2,1-3H3,(H,34,39)(H,35,36). The number of rotatable bonds is 5. The van der Waals surface area contributed by atoms with Gasteiger partial charge in [0.05, 0.1) is 29.0 Å². The third-order valence-electron chi connectivity index (χ3n) is 7.59. The summed E-state index contributed by atoms with van der Waals surface area (Å²) < 4.78 is 14.6. The van der Waals surface area contributed by atoms with Gasteiger partial charge in [0.15, 0.2) is 0 Å². The topological polar surface area (TPSA) is 107 Å². The van der Waals surface area contributed by atoms with Crippen molar-refractivity contribution in [2.24, 2.45) is 11.3 Å². The second kappa shape index (κ2) is 10.1. The molecular weight excluding hydrogens is 493 g/mol. The van der Waals surface area contributed by atoms with Crippen molar-refractivity contribution in [1.82, 2.24) is 31.1 Å². The summed E-state index contributed by atoms with van der Waals surface area (Å²) in [6.07, 6.45) is 4.86. The molecule has 9 heteroatoms. The van der Waals surface area contributed by atoms with Crippen molar-refractivity contribution >= 4 is 22.6 Å². The number of nitrogens with zero attached hydrogens (tertiary/aromatic N) is 2. The minimum absolute atomic E-state index is 0.0120. The van der Waals surface area contributed by atoms with E-state index in [1.165, 1.54) is 6.07 Å². The van der Waals surface area contributed by atoms with Gasteiger partial charge in [0.25, 0.3) is 0 Å². The molecule has 5 N–H and O–H groups in total. The molecule has 6 rings (SSSR count). The van der Waals surface area contributed by atoms with E-state index in [0.717, 1.165) is 41.0 Å². The van der Waals surface area contributed by atoms with E-state index < -0.39 is 0 Å². The highest BCUT2D eigenvalue weighted by atomic mass is 19.1. The van der Waals surface area contributed by atoms with Gasteiger partial charge in [0.2, 0.25) is 5.91 Å². The minimum Gasteiger partial charge on any atom is -0.341 e. The Hall–Kier alpha value is -3.66. The molecule has 4 aromatic rings. The van der Waals surface area contributed by atoms with Crippen LogP contribution in [0.1, 0.15) is 57.1 Å². The van der Waals surface area contributed by atoms with E-state index in [-0.39, 0.29) is 41.2 Å². The first kappa shape index (κ1) is 25.6. The number of hydrazine groups is 1. The van der Waals surface area contributed by atoms with Crippen LogP contribution >= 0.6 is 0 Å². The van der Waals surface area contributed by atoms with E-state index in [2.05, 4.69) is 31.5 Å². The third kappa shape index (κ3) is 5.30. The van der Waals surface area contributed by atoms with Crippen LogP contribution < -0.4 is 21.5 Å². The lowest BCUT2D eigenvalue weighted by Gasteiger charge is -2.34. The van der Waals surface area contributed by atoms with Crippen LogP contribution in [-0.2, 0) is 4.79 Å². The van der Waals surface area contributed by atoms with Crippen molar-refractivity contribution in [3.05, 3.63) is 78.1 Å². The molecule has 0 bridgehead atoms. The van der Waals surface area contributed by atoms with E-state index in [0.29, 0.717) is 17.7 Å². The maximum atomic E-state index is 14.6. The number of piperidine rings is 1. The number of hydrogen-bond acceptors (Lipinski definition) is 6. The van der Waals surface area contributed by atoms with Crippen LogP contribution in [-0.4, -0.2) is 33.4 Å². The number of aromatic nitrogens is 3. The number of aromatic amines is 1. The van der Waals surface area contributed by atoms with Crippen molar-refractivity contribution < 1.29 is 9.18 Å². The van der Waals surface area contributed by atoms with Gasteiger partial charge < -0.3 is 15.6 Å². The van der Waals surface area contributed by atoms with E-state index in [1.54, 1.807) is 18.3 Å². The van der Waals surface area contributed by atoms with Crippen LogP contribution in [0.5, 0.6) is 0 Å². The second-order valence-electron chi connectivity index (χ2n) is 11.8. The van der Waals surface area contributed by atoms with Gasteiger partial charge in [-0.15, -0.1) is 0 Å². The number of nitrogens with one attached hydrogen (secondary N) is 5. The van der Waals surface area contributed by atoms with E-state index in [4.69, 9.17) is 4.98 Å². The first-order chi connectivity index (χ1) is 18.7. The number of benzene rings is 2. The van der Waals surface area contributed by atoms with Crippen LogP contribution in [0, 0.1) is 17.2 Å².